The summed E-state index contributed by atoms with van der Waals surface area (Å²) in [5.41, 5.74) is 2.15. The van der Waals surface area contributed by atoms with Gasteiger partial charge in [-0.25, -0.2) is 0 Å². The molecule has 1 N–H and O–H groups in total. The van der Waals surface area contributed by atoms with Crippen LogP contribution in [0, 0.1) is 5.41 Å². The molecule has 0 unspecified atom stereocenters. The van der Waals surface area contributed by atoms with Crippen LogP contribution in [0.4, 0.5) is 0 Å². The Balaban J connectivity index is 2.16. The van der Waals surface area contributed by atoms with Crippen LogP contribution >= 0.6 is 0 Å². The summed E-state index contributed by atoms with van der Waals surface area (Å²) in [5.74, 6) is 1.06. The smallest absolute Gasteiger partial charge is 0.121 e. The van der Waals surface area contributed by atoms with Crippen molar-refractivity contribution in [2.75, 3.05) is 19.7 Å². The maximum absolute atomic E-state index is 7.69. The number of hydrogen-bond donors (Lipinski definition) is 1. The molecule has 0 fully saturated rings. The van der Waals surface area contributed by atoms with Gasteiger partial charge >= 0.3 is 0 Å². The van der Waals surface area contributed by atoms with Crippen LogP contribution in [0.25, 0.3) is 0 Å². The monoisotopic (exact) mass is 180 g/mol. The first kappa shape index (κ1) is 8.60. The third-order valence-corrected chi connectivity index (χ3v) is 2.57. The molecule has 0 amide bonds. The van der Waals surface area contributed by atoms with Crippen molar-refractivity contribution in [2.24, 2.45) is 0 Å². The second kappa shape index (κ2) is 3.40. The fourth-order valence-electron chi connectivity index (χ4n) is 2.04. The lowest BCUT2D eigenvalue weighted by Crippen LogP contribution is -2.33. The Kier molecular flexibility index (Phi) is 2.25. The molecule has 3 heteroatoms. The minimum atomic E-state index is 0.746. The molecule has 2 heterocycles. The van der Waals surface area contributed by atoms with Crippen LogP contribution in [-0.4, -0.2) is 30.3 Å². The van der Waals surface area contributed by atoms with Crippen LogP contribution in [0.3, 0.4) is 0 Å². The highest BCUT2D eigenvalue weighted by molar-refractivity contribution is 5.86. The van der Waals surface area contributed by atoms with Crippen LogP contribution in [0.15, 0.2) is 11.5 Å². The van der Waals surface area contributed by atoms with Gasteiger partial charge in [-0.3, -0.25) is 0 Å². The summed E-state index contributed by atoms with van der Waals surface area (Å²) in [5, 5.41) is 7.69. The molecule has 0 aliphatic carbocycles. The van der Waals surface area contributed by atoms with Crippen LogP contribution in [0.1, 0.15) is 26.2 Å². The van der Waals surface area contributed by atoms with Crippen molar-refractivity contribution in [3.05, 3.63) is 11.5 Å². The quantitative estimate of drug-likeness (QED) is 0.703. The zero-order valence-corrected chi connectivity index (χ0v) is 8.10. The van der Waals surface area contributed by atoms with Gasteiger partial charge in [0.1, 0.15) is 5.76 Å². The molecule has 2 aliphatic rings. The average Bonchev–Trinajstić information content (AvgIpc) is 2.52. The van der Waals surface area contributed by atoms with E-state index in [0.717, 1.165) is 50.4 Å². The average molecular weight is 180 g/mol. The van der Waals surface area contributed by atoms with Crippen LogP contribution < -0.4 is 0 Å². The molecule has 0 saturated heterocycles. The van der Waals surface area contributed by atoms with Crippen molar-refractivity contribution in [1.82, 2.24) is 4.90 Å². The highest BCUT2D eigenvalue weighted by Gasteiger charge is 2.27. The highest BCUT2D eigenvalue weighted by Crippen LogP contribution is 2.29. The van der Waals surface area contributed by atoms with Gasteiger partial charge in [-0.15, -0.1) is 0 Å². The van der Waals surface area contributed by atoms with Gasteiger partial charge in [0, 0.05) is 25.1 Å². The normalized spacial score (nSPS) is 21.9. The van der Waals surface area contributed by atoms with Gasteiger partial charge in [-0.05, 0) is 6.42 Å². The molecule has 0 atom stereocenters. The van der Waals surface area contributed by atoms with E-state index in [-0.39, 0.29) is 0 Å². The summed E-state index contributed by atoms with van der Waals surface area (Å²) in [4.78, 5) is 2.30. The van der Waals surface area contributed by atoms with Gasteiger partial charge in [-0.2, -0.15) is 0 Å². The SMILES string of the molecule is CCCN1CC(=N)CC2=C1CCO2. The van der Waals surface area contributed by atoms with Crippen LogP contribution in [0.2, 0.25) is 0 Å². The van der Waals surface area contributed by atoms with E-state index in [9.17, 15) is 0 Å². The maximum atomic E-state index is 7.69. The Bertz CT molecular complexity index is 258. The van der Waals surface area contributed by atoms with E-state index in [1.165, 1.54) is 5.70 Å². The van der Waals surface area contributed by atoms with E-state index in [1.54, 1.807) is 0 Å². The minimum Gasteiger partial charge on any atom is -0.495 e. The predicted octanol–water partition coefficient (Wildman–Crippen LogP) is 1.75. The molecule has 0 aromatic heterocycles. The molecule has 0 aromatic carbocycles. The highest BCUT2D eigenvalue weighted by atomic mass is 16.5. The predicted molar refractivity (Wildman–Crippen MR) is 51.8 cm³/mol. The van der Waals surface area contributed by atoms with Crippen molar-refractivity contribution in [2.45, 2.75) is 26.2 Å². The number of nitrogens with one attached hydrogen (secondary N) is 1. The maximum Gasteiger partial charge on any atom is 0.121 e. The molecule has 13 heavy (non-hydrogen) atoms. The van der Waals surface area contributed by atoms with Crippen LogP contribution in [0.5, 0.6) is 0 Å². The number of ether oxygens (including phenoxy) is 1. The summed E-state index contributed by atoms with van der Waals surface area (Å²) < 4.78 is 5.50. The Hall–Kier alpha value is -0.990. The van der Waals surface area contributed by atoms with E-state index in [0.29, 0.717) is 0 Å². The van der Waals surface area contributed by atoms with Gasteiger partial charge in [0.25, 0.3) is 0 Å². The topological polar surface area (TPSA) is 36.3 Å². The van der Waals surface area contributed by atoms with Crippen molar-refractivity contribution in [3.63, 3.8) is 0 Å². The van der Waals surface area contributed by atoms with Crippen molar-refractivity contribution < 1.29 is 4.74 Å². The van der Waals surface area contributed by atoms with Gasteiger partial charge < -0.3 is 15.0 Å². The zero-order chi connectivity index (χ0) is 9.26. The molecular weight excluding hydrogens is 164 g/mol. The lowest BCUT2D eigenvalue weighted by Gasteiger charge is -2.29. The van der Waals surface area contributed by atoms with E-state index in [1.807, 2.05) is 0 Å². The lowest BCUT2D eigenvalue weighted by molar-refractivity contribution is 0.238. The Morgan fingerprint density at radius 3 is 3.15 bits per heavy atom. The molecule has 0 bridgehead atoms. The zero-order valence-electron chi connectivity index (χ0n) is 8.10. The summed E-state index contributed by atoms with van der Waals surface area (Å²) in [6, 6.07) is 0. The molecule has 3 nitrogen and oxygen atoms in total. The summed E-state index contributed by atoms with van der Waals surface area (Å²) >= 11 is 0. The fourth-order valence-corrected chi connectivity index (χ4v) is 2.04. The summed E-state index contributed by atoms with van der Waals surface area (Å²) in [6.07, 6.45) is 2.93. The third-order valence-electron chi connectivity index (χ3n) is 2.57. The largest absolute Gasteiger partial charge is 0.495 e. The van der Waals surface area contributed by atoms with Crippen molar-refractivity contribution >= 4 is 5.71 Å². The molecular formula is C10H16N2O. The second-order valence-corrected chi connectivity index (χ2v) is 3.67. The standard InChI is InChI=1S/C10H16N2O/c1-2-4-12-7-8(11)6-10-9(12)3-5-13-10/h11H,2-7H2,1H3. The fraction of sp³-hybridized carbons (Fsp3) is 0.700. The summed E-state index contributed by atoms with van der Waals surface area (Å²) in [7, 11) is 0. The first-order chi connectivity index (χ1) is 6.31. The lowest BCUT2D eigenvalue weighted by atomic mass is 10.1. The summed E-state index contributed by atoms with van der Waals surface area (Å²) in [6.45, 7) is 4.87. The van der Waals surface area contributed by atoms with Gasteiger partial charge in [-0.1, -0.05) is 6.92 Å². The molecule has 0 saturated carbocycles. The molecule has 2 rings (SSSR count). The minimum absolute atomic E-state index is 0.746. The van der Waals surface area contributed by atoms with E-state index >= 15 is 0 Å². The number of rotatable bonds is 2. The van der Waals surface area contributed by atoms with E-state index in [2.05, 4.69) is 11.8 Å². The third kappa shape index (κ3) is 1.55. The number of hydrogen-bond acceptors (Lipinski definition) is 3. The Morgan fingerprint density at radius 2 is 2.38 bits per heavy atom. The second-order valence-electron chi connectivity index (χ2n) is 3.67. The first-order valence-corrected chi connectivity index (χ1v) is 4.97. The Labute approximate surface area is 78.9 Å². The van der Waals surface area contributed by atoms with Gasteiger partial charge in [0.2, 0.25) is 0 Å². The number of allylic oxidation sites excluding steroid dienone is 1. The van der Waals surface area contributed by atoms with Crippen LogP contribution in [-0.2, 0) is 4.74 Å². The number of nitrogens with zero attached hydrogens (tertiary/aromatic N) is 1. The van der Waals surface area contributed by atoms with E-state index in [4.69, 9.17) is 10.1 Å². The van der Waals surface area contributed by atoms with Crippen molar-refractivity contribution in [3.8, 4) is 0 Å². The molecule has 0 aromatic rings. The molecule has 72 valence electrons. The molecule has 0 spiro atoms. The molecule has 0 radical (unpaired) electrons. The van der Waals surface area contributed by atoms with Gasteiger partial charge in [0.05, 0.1) is 18.8 Å². The van der Waals surface area contributed by atoms with Crippen molar-refractivity contribution in [1.29, 1.82) is 5.41 Å². The Morgan fingerprint density at radius 1 is 1.54 bits per heavy atom. The van der Waals surface area contributed by atoms with Gasteiger partial charge in [0.15, 0.2) is 0 Å². The first-order valence-electron chi connectivity index (χ1n) is 4.97. The molecule has 2 aliphatic heterocycles. The van der Waals surface area contributed by atoms with E-state index < -0.39 is 0 Å².